The molecule has 122 valence electrons. The summed E-state index contributed by atoms with van der Waals surface area (Å²) >= 11 is 0. The van der Waals surface area contributed by atoms with Gasteiger partial charge in [0.1, 0.15) is 5.69 Å². The zero-order chi connectivity index (χ0) is 16.7. The zero-order valence-corrected chi connectivity index (χ0v) is 13.7. The number of carbonyl (C=O) groups is 1. The van der Waals surface area contributed by atoms with Crippen LogP contribution in [0.3, 0.4) is 0 Å². The van der Waals surface area contributed by atoms with Crippen LogP contribution in [-0.2, 0) is 13.0 Å². The second-order valence-corrected chi connectivity index (χ2v) is 5.57. The number of aromatic nitrogens is 2. The van der Waals surface area contributed by atoms with Gasteiger partial charge in [-0.1, -0.05) is 37.6 Å². The van der Waals surface area contributed by atoms with E-state index in [1.54, 1.807) is 0 Å². The average molecular weight is 313 g/mol. The van der Waals surface area contributed by atoms with Crippen molar-refractivity contribution in [2.75, 3.05) is 6.54 Å². The van der Waals surface area contributed by atoms with Crippen LogP contribution in [0.15, 0.2) is 41.2 Å². The molecule has 2 rings (SSSR count). The van der Waals surface area contributed by atoms with E-state index in [2.05, 4.69) is 29.5 Å². The molecule has 5 nitrogen and oxygen atoms in total. The smallest absolute Gasteiger partial charge is 0.271 e. The molecule has 0 atom stereocenters. The number of amides is 1. The first-order chi connectivity index (χ1) is 11.1. The van der Waals surface area contributed by atoms with Gasteiger partial charge in [0, 0.05) is 19.2 Å². The number of carbonyl (C=O) groups excluding carboxylic acids is 1. The van der Waals surface area contributed by atoms with Gasteiger partial charge in [0.25, 0.3) is 11.5 Å². The second-order valence-electron chi connectivity index (χ2n) is 5.57. The van der Waals surface area contributed by atoms with Gasteiger partial charge in [-0.25, -0.2) is 4.68 Å². The Balaban J connectivity index is 1.95. The summed E-state index contributed by atoms with van der Waals surface area (Å²) in [5.74, 6) is -0.246. The maximum Gasteiger partial charge on any atom is 0.271 e. The fourth-order valence-corrected chi connectivity index (χ4v) is 2.33. The van der Waals surface area contributed by atoms with E-state index in [0.717, 1.165) is 19.3 Å². The van der Waals surface area contributed by atoms with Crippen molar-refractivity contribution in [1.82, 2.24) is 15.1 Å². The predicted octanol–water partition coefficient (Wildman–Crippen LogP) is 2.32. The minimum atomic E-state index is -0.246. The number of nitrogens with zero attached hydrogens (tertiary/aromatic N) is 2. The molecular weight excluding hydrogens is 290 g/mol. The zero-order valence-electron chi connectivity index (χ0n) is 13.7. The molecule has 0 radical (unpaired) electrons. The monoisotopic (exact) mass is 313 g/mol. The van der Waals surface area contributed by atoms with E-state index >= 15 is 0 Å². The molecule has 5 heteroatoms. The van der Waals surface area contributed by atoms with Crippen molar-refractivity contribution in [3.63, 3.8) is 0 Å². The number of unbranched alkanes of at least 4 members (excludes halogenated alkanes) is 1. The van der Waals surface area contributed by atoms with E-state index < -0.39 is 0 Å². The summed E-state index contributed by atoms with van der Waals surface area (Å²) in [6, 6.07) is 11.0. The van der Waals surface area contributed by atoms with E-state index in [9.17, 15) is 9.59 Å². The number of aryl methyl sites for hydroxylation is 2. The molecule has 0 aliphatic rings. The SMILES string of the molecule is CCCCn1nc(C(=O)NCCc2ccccc2C)ccc1=O. The van der Waals surface area contributed by atoms with Crippen molar-refractivity contribution in [3.05, 3.63) is 63.6 Å². The van der Waals surface area contributed by atoms with Gasteiger partial charge >= 0.3 is 0 Å². The van der Waals surface area contributed by atoms with Gasteiger partial charge in [-0.2, -0.15) is 5.10 Å². The van der Waals surface area contributed by atoms with E-state index in [-0.39, 0.29) is 17.2 Å². The van der Waals surface area contributed by atoms with Crippen LogP contribution < -0.4 is 10.9 Å². The highest BCUT2D eigenvalue weighted by Gasteiger charge is 2.09. The highest BCUT2D eigenvalue weighted by Crippen LogP contribution is 2.06. The highest BCUT2D eigenvalue weighted by atomic mass is 16.2. The maximum absolute atomic E-state index is 12.2. The largest absolute Gasteiger partial charge is 0.350 e. The molecule has 1 aromatic heterocycles. The molecule has 1 heterocycles. The highest BCUT2D eigenvalue weighted by molar-refractivity contribution is 5.91. The van der Waals surface area contributed by atoms with Gasteiger partial charge in [-0.15, -0.1) is 0 Å². The molecule has 0 spiro atoms. The fourth-order valence-electron chi connectivity index (χ4n) is 2.33. The predicted molar refractivity (Wildman–Crippen MR) is 90.6 cm³/mol. The fraction of sp³-hybridized carbons (Fsp3) is 0.389. The summed E-state index contributed by atoms with van der Waals surface area (Å²) < 4.78 is 1.36. The van der Waals surface area contributed by atoms with Gasteiger partial charge in [0.2, 0.25) is 0 Å². The number of benzene rings is 1. The van der Waals surface area contributed by atoms with Gasteiger partial charge in [0.05, 0.1) is 0 Å². The molecule has 0 bridgehead atoms. The Labute approximate surface area is 136 Å². The lowest BCUT2D eigenvalue weighted by molar-refractivity contribution is 0.0946. The van der Waals surface area contributed by atoms with Gasteiger partial charge < -0.3 is 5.32 Å². The third-order valence-electron chi connectivity index (χ3n) is 3.76. The quantitative estimate of drug-likeness (QED) is 0.853. The summed E-state index contributed by atoms with van der Waals surface area (Å²) in [6.07, 6.45) is 2.61. The van der Waals surface area contributed by atoms with Crippen molar-refractivity contribution in [2.24, 2.45) is 0 Å². The van der Waals surface area contributed by atoms with Crippen LogP contribution in [0.25, 0.3) is 0 Å². The molecule has 0 saturated heterocycles. The van der Waals surface area contributed by atoms with Crippen LogP contribution in [0.1, 0.15) is 41.4 Å². The summed E-state index contributed by atoms with van der Waals surface area (Å²) in [4.78, 5) is 23.9. The first-order valence-electron chi connectivity index (χ1n) is 8.02. The van der Waals surface area contributed by atoms with E-state index in [4.69, 9.17) is 0 Å². The van der Waals surface area contributed by atoms with Gasteiger partial charge in [-0.05, 0) is 37.0 Å². The van der Waals surface area contributed by atoms with Crippen molar-refractivity contribution < 1.29 is 4.79 Å². The maximum atomic E-state index is 12.2. The van der Waals surface area contributed by atoms with Gasteiger partial charge in [-0.3, -0.25) is 9.59 Å². The Bertz CT molecular complexity index is 722. The van der Waals surface area contributed by atoms with Gasteiger partial charge in [0.15, 0.2) is 0 Å². The molecule has 0 unspecified atom stereocenters. The van der Waals surface area contributed by atoms with Crippen molar-refractivity contribution in [2.45, 2.75) is 39.7 Å². The topological polar surface area (TPSA) is 64.0 Å². The minimum Gasteiger partial charge on any atom is -0.350 e. The molecule has 1 amide bonds. The summed E-state index contributed by atoms with van der Waals surface area (Å²) in [7, 11) is 0. The summed E-state index contributed by atoms with van der Waals surface area (Å²) in [5, 5.41) is 7.01. The number of hydrogen-bond acceptors (Lipinski definition) is 3. The number of hydrogen-bond donors (Lipinski definition) is 1. The lowest BCUT2D eigenvalue weighted by Gasteiger charge is -2.08. The Kier molecular flexibility index (Phi) is 6.09. The molecule has 2 aromatic rings. The molecule has 1 N–H and O–H groups in total. The van der Waals surface area contributed by atoms with Crippen LogP contribution in [-0.4, -0.2) is 22.2 Å². The molecule has 0 saturated carbocycles. The van der Waals surface area contributed by atoms with Crippen molar-refractivity contribution >= 4 is 5.91 Å². The number of nitrogens with one attached hydrogen (secondary N) is 1. The Morgan fingerprint density at radius 1 is 1.22 bits per heavy atom. The first kappa shape index (κ1) is 16.9. The third kappa shape index (κ3) is 4.77. The Morgan fingerprint density at radius 3 is 2.74 bits per heavy atom. The van der Waals surface area contributed by atoms with Crippen molar-refractivity contribution in [1.29, 1.82) is 0 Å². The van der Waals surface area contributed by atoms with Crippen LogP contribution >= 0.6 is 0 Å². The van der Waals surface area contributed by atoms with E-state index in [1.807, 2.05) is 19.1 Å². The van der Waals surface area contributed by atoms with Crippen LogP contribution in [0.5, 0.6) is 0 Å². The molecule has 0 fully saturated rings. The normalized spacial score (nSPS) is 10.5. The van der Waals surface area contributed by atoms with Crippen molar-refractivity contribution in [3.8, 4) is 0 Å². The number of rotatable bonds is 7. The lowest BCUT2D eigenvalue weighted by atomic mass is 10.1. The Hall–Kier alpha value is -2.43. The molecule has 0 aliphatic carbocycles. The second kappa shape index (κ2) is 8.27. The van der Waals surface area contributed by atoms with Crippen LogP contribution in [0.4, 0.5) is 0 Å². The summed E-state index contributed by atoms with van der Waals surface area (Å²) in [6.45, 7) is 5.19. The minimum absolute atomic E-state index is 0.171. The van der Waals surface area contributed by atoms with Crippen LogP contribution in [0, 0.1) is 6.92 Å². The summed E-state index contributed by atoms with van der Waals surface area (Å²) in [5.41, 5.74) is 2.54. The Morgan fingerprint density at radius 2 is 2.00 bits per heavy atom. The molecular formula is C18H23N3O2. The van der Waals surface area contributed by atoms with Crippen LogP contribution in [0.2, 0.25) is 0 Å². The molecule has 23 heavy (non-hydrogen) atoms. The standard InChI is InChI=1S/C18H23N3O2/c1-3-4-13-21-17(22)10-9-16(20-21)18(23)19-12-11-15-8-6-5-7-14(15)2/h5-10H,3-4,11-13H2,1-2H3,(H,19,23). The first-order valence-corrected chi connectivity index (χ1v) is 8.02. The lowest BCUT2D eigenvalue weighted by Crippen LogP contribution is -2.30. The molecule has 1 aromatic carbocycles. The third-order valence-corrected chi connectivity index (χ3v) is 3.76. The van der Waals surface area contributed by atoms with E-state index in [0.29, 0.717) is 13.1 Å². The average Bonchev–Trinajstić information content (AvgIpc) is 2.55. The van der Waals surface area contributed by atoms with E-state index in [1.165, 1.54) is 27.9 Å². The molecule has 0 aliphatic heterocycles.